The quantitative estimate of drug-likeness (QED) is 0.0839. The lowest BCUT2D eigenvalue weighted by Gasteiger charge is -2.39. The van der Waals surface area contributed by atoms with E-state index in [9.17, 15) is 9.59 Å². The van der Waals surface area contributed by atoms with Gasteiger partial charge in [-0.25, -0.2) is 4.79 Å². The van der Waals surface area contributed by atoms with Crippen LogP contribution in [0.4, 0.5) is 0 Å². The molecule has 0 aliphatic heterocycles. The van der Waals surface area contributed by atoms with E-state index in [1.54, 1.807) is 12.1 Å². The van der Waals surface area contributed by atoms with E-state index in [4.69, 9.17) is 25.8 Å². The Hall–Kier alpha value is -3.97. The average molecular weight is 728 g/mol. The van der Waals surface area contributed by atoms with E-state index in [0.29, 0.717) is 36.9 Å². The number of nitrogens with zero attached hydrogens (tertiary/aromatic N) is 1. The van der Waals surface area contributed by atoms with Gasteiger partial charge in [0.15, 0.2) is 0 Å². The fourth-order valence-electron chi connectivity index (χ4n) is 6.35. The molecule has 1 saturated carbocycles. The van der Waals surface area contributed by atoms with Crippen molar-refractivity contribution in [2.75, 3.05) is 33.4 Å². The molecular weight excluding hydrogens is 670 g/mol. The lowest BCUT2D eigenvalue weighted by atomic mass is 9.66. The summed E-state index contributed by atoms with van der Waals surface area (Å²) in [5.41, 5.74) is 5.69. The van der Waals surface area contributed by atoms with Crippen LogP contribution in [0.2, 0.25) is 5.02 Å². The number of halogens is 1. The molecule has 2 aromatic rings. The second-order valence-corrected chi connectivity index (χ2v) is 13.9. The monoisotopic (exact) mass is 727 g/mol. The van der Waals surface area contributed by atoms with Crippen molar-refractivity contribution in [3.05, 3.63) is 143 Å². The minimum absolute atomic E-state index is 0.0655. The summed E-state index contributed by atoms with van der Waals surface area (Å²) in [6.45, 7) is 16.8. The molecular formula is C45H58ClNO5. The smallest absolute Gasteiger partial charge is 0.337 e. The average Bonchev–Trinajstić information content (AvgIpc) is 3.13. The van der Waals surface area contributed by atoms with E-state index in [0.717, 1.165) is 80.2 Å². The van der Waals surface area contributed by atoms with Crippen molar-refractivity contribution < 1.29 is 23.8 Å². The minimum Gasteiger partial charge on any atom is -0.466 e. The number of benzene rings is 2. The molecule has 1 unspecified atom stereocenters. The van der Waals surface area contributed by atoms with Crippen molar-refractivity contribution in [3.63, 3.8) is 0 Å². The second kappa shape index (κ2) is 22.9. The number of hydrogen-bond acceptors (Lipinski definition) is 6. The molecule has 0 heterocycles. The Morgan fingerprint density at radius 1 is 1.02 bits per heavy atom. The van der Waals surface area contributed by atoms with Crippen LogP contribution in [0.5, 0.6) is 0 Å². The molecule has 0 aromatic heterocycles. The largest absolute Gasteiger partial charge is 0.466 e. The Kier molecular flexibility index (Phi) is 18.7. The third kappa shape index (κ3) is 13.9. The third-order valence-electron chi connectivity index (χ3n) is 9.53. The van der Waals surface area contributed by atoms with Crippen molar-refractivity contribution >= 4 is 23.5 Å². The van der Waals surface area contributed by atoms with Crippen LogP contribution in [0.15, 0.2) is 121 Å². The first-order valence-corrected chi connectivity index (χ1v) is 19.0. The van der Waals surface area contributed by atoms with E-state index in [1.807, 2.05) is 49.4 Å². The molecule has 1 atom stereocenters. The Balaban J connectivity index is 1.80. The number of esters is 2. The number of carbonyl (C=O) groups excluding carboxylic acids is 2. The van der Waals surface area contributed by atoms with Gasteiger partial charge in [-0.15, -0.1) is 0 Å². The minimum atomic E-state index is -0.373. The topological polar surface area (TPSA) is 65.1 Å². The van der Waals surface area contributed by atoms with Crippen LogP contribution in [0.1, 0.15) is 99.7 Å². The summed E-state index contributed by atoms with van der Waals surface area (Å²) in [5, 5.41) is 0.655. The van der Waals surface area contributed by atoms with Gasteiger partial charge in [0.1, 0.15) is 0 Å². The van der Waals surface area contributed by atoms with Gasteiger partial charge >= 0.3 is 11.9 Å². The van der Waals surface area contributed by atoms with Gasteiger partial charge in [0.25, 0.3) is 0 Å². The van der Waals surface area contributed by atoms with Crippen LogP contribution in [0, 0.1) is 5.41 Å². The molecule has 0 radical (unpaired) electrons. The normalized spacial score (nSPS) is 15.3. The molecule has 0 bridgehead atoms. The zero-order chi connectivity index (χ0) is 37.8. The number of carbonyl (C=O) groups is 2. The number of rotatable bonds is 23. The van der Waals surface area contributed by atoms with Gasteiger partial charge in [0.2, 0.25) is 0 Å². The Morgan fingerprint density at radius 2 is 1.77 bits per heavy atom. The van der Waals surface area contributed by atoms with Crippen LogP contribution in [-0.2, 0) is 25.5 Å². The predicted molar refractivity (Wildman–Crippen MR) is 214 cm³/mol. The van der Waals surface area contributed by atoms with E-state index >= 15 is 0 Å². The molecule has 1 fully saturated rings. The van der Waals surface area contributed by atoms with E-state index < -0.39 is 0 Å². The van der Waals surface area contributed by atoms with Crippen molar-refractivity contribution in [3.8, 4) is 0 Å². The maximum absolute atomic E-state index is 12.9. The van der Waals surface area contributed by atoms with Gasteiger partial charge in [-0.3, -0.25) is 9.69 Å². The molecule has 52 heavy (non-hydrogen) atoms. The fraction of sp³-hybridized carbons (Fsp3) is 0.422. The maximum Gasteiger partial charge on any atom is 0.337 e. The number of hydrogen-bond donors (Lipinski definition) is 0. The summed E-state index contributed by atoms with van der Waals surface area (Å²) in [5.74, 6) is -0.427. The summed E-state index contributed by atoms with van der Waals surface area (Å²) >= 11 is 6.49. The Labute approximate surface area is 317 Å². The zero-order valence-corrected chi connectivity index (χ0v) is 32.5. The SMILES string of the molecule is C=C/C=C(\C=C/CC)CC/C(C=C)=C/C=C(\C)COC(CN(CCCC1(C(=O)OCC)CCC1)Cc1ccc(C(=O)OC)cc1)c1cccc(Cl)c1. The predicted octanol–water partition coefficient (Wildman–Crippen LogP) is 11.1. The lowest BCUT2D eigenvalue weighted by Crippen LogP contribution is -2.40. The zero-order valence-electron chi connectivity index (χ0n) is 31.7. The highest BCUT2D eigenvalue weighted by Gasteiger charge is 2.44. The lowest BCUT2D eigenvalue weighted by molar-refractivity contribution is -0.162. The van der Waals surface area contributed by atoms with Gasteiger partial charge in [-0.1, -0.05) is 105 Å². The van der Waals surface area contributed by atoms with Crippen LogP contribution in [0.25, 0.3) is 0 Å². The van der Waals surface area contributed by atoms with Gasteiger partial charge in [0, 0.05) is 18.1 Å². The molecule has 6 nitrogen and oxygen atoms in total. The summed E-state index contributed by atoms with van der Waals surface area (Å²) in [7, 11) is 1.38. The molecule has 3 rings (SSSR count). The molecule has 0 N–H and O–H groups in total. The molecule has 7 heteroatoms. The van der Waals surface area contributed by atoms with Gasteiger partial charge in [0.05, 0.1) is 37.4 Å². The van der Waals surface area contributed by atoms with Crippen LogP contribution >= 0.6 is 11.6 Å². The molecule has 280 valence electrons. The second-order valence-electron chi connectivity index (χ2n) is 13.5. The molecule has 1 aliphatic rings. The summed E-state index contributed by atoms with van der Waals surface area (Å²) < 4.78 is 17.1. The molecule has 0 spiro atoms. The molecule has 0 saturated heterocycles. The molecule has 2 aromatic carbocycles. The van der Waals surface area contributed by atoms with Gasteiger partial charge in [-0.2, -0.15) is 0 Å². The van der Waals surface area contributed by atoms with Crippen molar-refractivity contribution in [2.45, 2.75) is 84.8 Å². The van der Waals surface area contributed by atoms with Gasteiger partial charge in [-0.05, 0) is 117 Å². The van der Waals surface area contributed by atoms with E-state index in [1.165, 1.54) is 12.7 Å². The Morgan fingerprint density at radius 3 is 2.38 bits per heavy atom. The van der Waals surface area contributed by atoms with Crippen LogP contribution < -0.4 is 0 Å². The van der Waals surface area contributed by atoms with E-state index in [-0.39, 0.29) is 23.5 Å². The van der Waals surface area contributed by atoms with E-state index in [2.05, 4.69) is 68.4 Å². The van der Waals surface area contributed by atoms with Gasteiger partial charge < -0.3 is 14.2 Å². The summed E-state index contributed by atoms with van der Waals surface area (Å²) in [6, 6.07) is 15.4. The summed E-state index contributed by atoms with van der Waals surface area (Å²) in [6.07, 6.45) is 21.3. The van der Waals surface area contributed by atoms with Crippen LogP contribution in [0.3, 0.4) is 0 Å². The number of allylic oxidation sites excluding steroid dienone is 9. The summed E-state index contributed by atoms with van der Waals surface area (Å²) in [4.78, 5) is 27.3. The van der Waals surface area contributed by atoms with Crippen molar-refractivity contribution in [2.24, 2.45) is 5.41 Å². The first-order chi connectivity index (χ1) is 25.2. The molecule has 1 aliphatic carbocycles. The first-order valence-electron chi connectivity index (χ1n) is 18.6. The highest BCUT2D eigenvalue weighted by molar-refractivity contribution is 6.30. The standard InChI is InChI=1S/C45H58ClNO5/c1-7-11-16-37(15-8-2)22-21-36(9-3)20-19-35(5)34-52-42(40-17-12-18-41(46)31-40)33-47(32-38-23-25-39(26-24-38)43(48)50-6)30-14-29-45(27-13-28-45)44(49)51-10-4/h8-9,11-12,15-20,23-26,31,42H,2-3,7,10,13-14,21-22,27-30,32-34H2,1,4-6H3/b16-11-,35-19+,36-20+,37-15+. The highest BCUT2D eigenvalue weighted by Crippen LogP contribution is 2.46. The third-order valence-corrected chi connectivity index (χ3v) is 9.77. The Bertz CT molecular complexity index is 1580. The maximum atomic E-state index is 12.9. The van der Waals surface area contributed by atoms with Crippen molar-refractivity contribution in [1.82, 2.24) is 4.90 Å². The highest BCUT2D eigenvalue weighted by atomic mass is 35.5. The van der Waals surface area contributed by atoms with Crippen LogP contribution in [-0.4, -0.2) is 50.3 Å². The first kappa shape index (κ1) is 42.4. The number of ether oxygens (including phenoxy) is 3. The molecule has 0 amide bonds. The number of methoxy groups -OCH3 is 1. The van der Waals surface area contributed by atoms with Crippen molar-refractivity contribution in [1.29, 1.82) is 0 Å². The fourth-order valence-corrected chi connectivity index (χ4v) is 6.55.